The Labute approximate surface area is 115 Å². The molecule has 18 heavy (non-hydrogen) atoms. The van der Waals surface area contributed by atoms with Gasteiger partial charge in [-0.3, -0.25) is 4.79 Å². The van der Waals surface area contributed by atoms with Crippen LogP contribution in [-0.4, -0.2) is 11.1 Å². The molecule has 1 aromatic heterocycles. The van der Waals surface area contributed by atoms with E-state index in [1.165, 1.54) is 6.07 Å². The highest BCUT2D eigenvalue weighted by atomic mass is 35.5. The van der Waals surface area contributed by atoms with E-state index in [9.17, 15) is 4.79 Å². The first-order valence-electron chi connectivity index (χ1n) is 5.51. The zero-order valence-corrected chi connectivity index (χ0v) is 11.1. The van der Waals surface area contributed by atoms with Crippen LogP contribution in [0.15, 0.2) is 47.4 Å². The lowest BCUT2D eigenvalue weighted by atomic mass is 10.3. The van der Waals surface area contributed by atoms with E-state index in [1.807, 2.05) is 12.1 Å². The van der Waals surface area contributed by atoms with Gasteiger partial charge in [0.25, 0.3) is 5.56 Å². The Hall–Kier alpha value is -1.45. The molecule has 94 valence electrons. The summed E-state index contributed by atoms with van der Waals surface area (Å²) in [7, 11) is 0. The van der Waals surface area contributed by atoms with Crippen molar-refractivity contribution in [2.24, 2.45) is 0 Å². The number of hydrogen-bond acceptors (Lipinski definition) is 2. The number of aromatic nitrogens is 1. The molecule has 3 nitrogen and oxygen atoms in total. The van der Waals surface area contributed by atoms with Gasteiger partial charge in [-0.05, 0) is 24.3 Å². The van der Waals surface area contributed by atoms with Crippen molar-refractivity contribution < 1.29 is 0 Å². The second-order valence-electron chi connectivity index (χ2n) is 3.78. The topological polar surface area (TPSA) is 34.0 Å². The van der Waals surface area contributed by atoms with E-state index in [1.54, 1.807) is 29.0 Å². The number of nitrogens with zero attached hydrogens (tertiary/aromatic N) is 1. The Bertz CT molecular complexity index is 596. The molecule has 5 heteroatoms. The maximum atomic E-state index is 11.5. The number of hydrogen-bond donors (Lipinski definition) is 1. The van der Waals surface area contributed by atoms with Gasteiger partial charge in [-0.15, -0.1) is 0 Å². The Morgan fingerprint density at radius 1 is 1.17 bits per heavy atom. The molecule has 0 unspecified atom stereocenters. The van der Waals surface area contributed by atoms with Crippen LogP contribution in [0.25, 0.3) is 0 Å². The van der Waals surface area contributed by atoms with Gasteiger partial charge >= 0.3 is 0 Å². The zero-order valence-electron chi connectivity index (χ0n) is 9.57. The molecule has 0 bridgehead atoms. The highest BCUT2D eigenvalue weighted by Crippen LogP contribution is 2.24. The number of pyridine rings is 1. The average molecular weight is 283 g/mol. The summed E-state index contributed by atoms with van der Waals surface area (Å²) in [6.45, 7) is 1.20. The third-order valence-corrected chi connectivity index (χ3v) is 3.05. The van der Waals surface area contributed by atoms with E-state index in [2.05, 4.69) is 5.32 Å². The average Bonchev–Trinajstić information content (AvgIpc) is 2.34. The summed E-state index contributed by atoms with van der Waals surface area (Å²) < 4.78 is 1.64. The van der Waals surface area contributed by atoms with Crippen LogP contribution in [0.3, 0.4) is 0 Å². The van der Waals surface area contributed by atoms with Crippen molar-refractivity contribution in [2.75, 3.05) is 11.9 Å². The monoisotopic (exact) mass is 282 g/mol. The van der Waals surface area contributed by atoms with Crippen LogP contribution in [0, 0.1) is 0 Å². The van der Waals surface area contributed by atoms with Gasteiger partial charge in [0.2, 0.25) is 0 Å². The van der Waals surface area contributed by atoms with Gasteiger partial charge in [0, 0.05) is 30.4 Å². The lowest BCUT2D eigenvalue weighted by Crippen LogP contribution is -2.22. The first kappa shape index (κ1) is 13.0. The normalized spacial score (nSPS) is 10.3. The number of halogens is 2. The van der Waals surface area contributed by atoms with Crippen LogP contribution in [-0.2, 0) is 6.54 Å². The molecule has 0 atom stereocenters. The second kappa shape index (κ2) is 5.94. The Morgan fingerprint density at radius 3 is 2.72 bits per heavy atom. The molecule has 0 spiro atoms. The Kier molecular flexibility index (Phi) is 4.28. The van der Waals surface area contributed by atoms with E-state index in [0.29, 0.717) is 23.1 Å². The minimum absolute atomic E-state index is 0.0125. The molecule has 2 rings (SSSR count). The van der Waals surface area contributed by atoms with Crippen LogP contribution in [0.5, 0.6) is 0 Å². The molecule has 2 aromatic rings. The zero-order chi connectivity index (χ0) is 13.0. The van der Waals surface area contributed by atoms with Gasteiger partial charge in [-0.25, -0.2) is 0 Å². The van der Waals surface area contributed by atoms with Gasteiger partial charge < -0.3 is 9.88 Å². The van der Waals surface area contributed by atoms with Crippen LogP contribution >= 0.6 is 23.2 Å². The molecule has 0 amide bonds. The van der Waals surface area contributed by atoms with Crippen LogP contribution in [0.4, 0.5) is 5.69 Å². The molecule has 1 aromatic carbocycles. The fourth-order valence-electron chi connectivity index (χ4n) is 1.59. The highest BCUT2D eigenvalue weighted by Gasteiger charge is 2.00. The van der Waals surface area contributed by atoms with Crippen molar-refractivity contribution in [2.45, 2.75) is 6.54 Å². The standard InChI is InChI=1S/C13H12Cl2N2O/c14-10-4-5-12(11(15)9-10)16-6-8-17-7-2-1-3-13(17)18/h1-5,7,9,16H,6,8H2. The van der Waals surface area contributed by atoms with Gasteiger partial charge in [0.05, 0.1) is 10.7 Å². The number of anilines is 1. The molecule has 0 fully saturated rings. The SMILES string of the molecule is O=c1ccccn1CCNc1ccc(Cl)cc1Cl. The first-order chi connectivity index (χ1) is 8.66. The largest absolute Gasteiger partial charge is 0.382 e. The third-order valence-electron chi connectivity index (χ3n) is 2.50. The summed E-state index contributed by atoms with van der Waals surface area (Å²) in [6.07, 6.45) is 1.76. The molecule has 0 aliphatic rings. The third kappa shape index (κ3) is 3.28. The van der Waals surface area contributed by atoms with Crippen molar-refractivity contribution in [1.82, 2.24) is 4.57 Å². The Morgan fingerprint density at radius 2 is 2.00 bits per heavy atom. The van der Waals surface area contributed by atoms with Gasteiger partial charge in [0.15, 0.2) is 0 Å². The fraction of sp³-hybridized carbons (Fsp3) is 0.154. The lowest BCUT2D eigenvalue weighted by Gasteiger charge is -2.09. The summed E-state index contributed by atoms with van der Waals surface area (Å²) in [5.74, 6) is 0. The summed E-state index contributed by atoms with van der Waals surface area (Å²) in [4.78, 5) is 11.5. The highest BCUT2D eigenvalue weighted by molar-refractivity contribution is 6.36. The summed E-state index contributed by atoms with van der Waals surface area (Å²) in [5.41, 5.74) is 0.798. The van der Waals surface area contributed by atoms with Crippen molar-refractivity contribution >= 4 is 28.9 Å². The van der Waals surface area contributed by atoms with Gasteiger partial charge in [-0.2, -0.15) is 0 Å². The van der Waals surface area contributed by atoms with Crippen molar-refractivity contribution in [3.63, 3.8) is 0 Å². The minimum Gasteiger partial charge on any atom is -0.382 e. The molecule has 0 radical (unpaired) electrons. The van der Waals surface area contributed by atoms with Crippen molar-refractivity contribution in [3.8, 4) is 0 Å². The Balaban J connectivity index is 1.97. The summed E-state index contributed by atoms with van der Waals surface area (Å²) in [5, 5.41) is 4.34. The molecule has 0 saturated heterocycles. The van der Waals surface area contributed by atoms with E-state index >= 15 is 0 Å². The van der Waals surface area contributed by atoms with Crippen molar-refractivity contribution in [3.05, 3.63) is 63.0 Å². The maximum absolute atomic E-state index is 11.5. The molecular formula is C13H12Cl2N2O. The molecule has 1 heterocycles. The van der Waals surface area contributed by atoms with Gasteiger partial charge in [0.1, 0.15) is 0 Å². The molecule has 0 aliphatic heterocycles. The molecule has 0 aliphatic carbocycles. The van der Waals surface area contributed by atoms with Crippen LogP contribution in [0.1, 0.15) is 0 Å². The van der Waals surface area contributed by atoms with Crippen LogP contribution < -0.4 is 10.9 Å². The van der Waals surface area contributed by atoms with Crippen molar-refractivity contribution in [1.29, 1.82) is 0 Å². The fourth-order valence-corrected chi connectivity index (χ4v) is 2.06. The summed E-state index contributed by atoms with van der Waals surface area (Å²) >= 11 is 11.8. The predicted molar refractivity (Wildman–Crippen MR) is 75.7 cm³/mol. The molecular weight excluding hydrogens is 271 g/mol. The van der Waals surface area contributed by atoms with Gasteiger partial charge in [-0.1, -0.05) is 29.3 Å². The van der Waals surface area contributed by atoms with E-state index in [0.717, 1.165) is 5.69 Å². The number of rotatable bonds is 4. The number of nitrogens with one attached hydrogen (secondary N) is 1. The predicted octanol–water partition coefficient (Wildman–Crippen LogP) is 3.27. The van der Waals surface area contributed by atoms with Crippen LogP contribution in [0.2, 0.25) is 10.0 Å². The lowest BCUT2D eigenvalue weighted by molar-refractivity contribution is 0.697. The maximum Gasteiger partial charge on any atom is 0.250 e. The molecule has 1 N–H and O–H groups in total. The second-order valence-corrected chi connectivity index (χ2v) is 4.63. The van der Waals surface area contributed by atoms with E-state index in [4.69, 9.17) is 23.2 Å². The molecule has 0 saturated carbocycles. The first-order valence-corrected chi connectivity index (χ1v) is 6.27. The van der Waals surface area contributed by atoms with E-state index in [-0.39, 0.29) is 5.56 Å². The quantitative estimate of drug-likeness (QED) is 0.934. The summed E-state index contributed by atoms with van der Waals surface area (Å²) in [6, 6.07) is 10.4. The smallest absolute Gasteiger partial charge is 0.250 e. The number of benzene rings is 1. The van der Waals surface area contributed by atoms with E-state index < -0.39 is 0 Å². The minimum atomic E-state index is -0.0125.